The molecule has 0 radical (unpaired) electrons. The van der Waals surface area contributed by atoms with Crippen molar-refractivity contribution in [2.45, 2.75) is 88.9 Å². The van der Waals surface area contributed by atoms with E-state index in [4.69, 9.17) is 25.4 Å². The zero-order chi connectivity index (χ0) is 39.4. The summed E-state index contributed by atoms with van der Waals surface area (Å²) < 4.78 is 104. The summed E-state index contributed by atoms with van der Waals surface area (Å²) in [6.45, 7) is 6.54. The number of aromatic nitrogens is 3. The Balaban J connectivity index is 1.25. The number of pyridine rings is 1. The Kier molecular flexibility index (Phi) is 11.0. The lowest BCUT2D eigenvalue weighted by atomic mass is 9.95. The molecule has 2 N–H and O–H groups in total. The molecule has 7 rings (SSSR count). The number of phenolic OH excluding ortho intramolecular Hbond substituents is 1. The Hall–Kier alpha value is -3.41. The van der Waals surface area contributed by atoms with Crippen molar-refractivity contribution < 1.29 is 50.2 Å². The fourth-order valence-corrected chi connectivity index (χ4v) is 10.4. The Morgan fingerprint density at radius 1 is 1.15 bits per heavy atom. The number of hydrogen-bond donors (Lipinski definition) is 2. The number of nitrogens with zero attached hydrogens (tertiary/aromatic N) is 6. The molecule has 1 aromatic carbocycles. The Morgan fingerprint density at radius 3 is 2.49 bits per heavy atom. The molecule has 0 aliphatic carbocycles. The lowest BCUT2D eigenvalue weighted by Crippen LogP contribution is -2.59. The first-order chi connectivity index (χ1) is 26.1. The molecule has 6 heterocycles. The minimum atomic E-state index is -5.03. The SMILES string of the molecule is CCOP(=O)(N[C@@H](C)C(=O)N1C2CCC1CN(c1nc(OC[C@@]34CCCN3C[C@H](F)C4)nc3c(F)c(-c4cc(O)cc(Cl)c4C(F)(F)F)ncc13)C2)OCC. The molecular formula is C35H42ClF5N7O6P. The first kappa shape index (κ1) is 39.8. The monoisotopic (exact) mass is 817 g/mol. The van der Waals surface area contributed by atoms with Crippen molar-refractivity contribution in [3.05, 3.63) is 34.7 Å². The lowest BCUT2D eigenvalue weighted by Gasteiger charge is -2.43. The quantitative estimate of drug-likeness (QED) is 0.152. The Morgan fingerprint density at radius 2 is 1.84 bits per heavy atom. The number of fused-ring (bicyclic) bond motifs is 4. The Labute approximate surface area is 319 Å². The van der Waals surface area contributed by atoms with E-state index in [1.165, 1.54) is 0 Å². The number of hydrogen-bond acceptors (Lipinski definition) is 11. The van der Waals surface area contributed by atoms with Crippen LogP contribution in [0, 0.1) is 5.82 Å². The molecule has 4 saturated heterocycles. The number of rotatable bonds is 12. The summed E-state index contributed by atoms with van der Waals surface area (Å²) >= 11 is 5.92. The van der Waals surface area contributed by atoms with E-state index in [0.29, 0.717) is 31.9 Å². The maximum absolute atomic E-state index is 16.7. The van der Waals surface area contributed by atoms with E-state index in [1.807, 2.05) is 9.80 Å². The van der Waals surface area contributed by atoms with E-state index in [0.717, 1.165) is 18.7 Å². The van der Waals surface area contributed by atoms with Gasteiger partial charge in [0.1, 0.15) is 35.6 Å². The highest BCUT2D eigenvalue weighted by atomic mass is 35.5. The number of aromatic hydroxyl groups is 1. The van der Waals surface area contributed by atoms with Crippen molar-refractivity contribution in [1.29, 1.82) is 0 Å². The van der Waals surface area contributed by atoms with Crippen LogP contribution in [0.25, 0.3) is 22.2 Å². The fourth-order valence-electron chi connectivity index (χ4n) is 8.63. The van der Waals surface area contributed by atoms with Crippen LogP contribution in [0.15, 0.2) is 18.3 Å². The molecular weight excluding hydrogens is 776 g/mol. The summed E-state index contributed by atoms with van der Waals surface area (Å²) in [6, 6.07) is -0.416. The molecule has 1 amide bonds. The highest BCUT2D eigenvalue weighted by molar-refractivity contribution is 7.51. The van der Waals surface area contributed by atoms with Gasteiger partial charge in [-0.3, -0.25) is 23.7 Å². The smallest absolute Gasteiger partial charge is 0.418 e. The minimum absolute atomic E-state index is 0.00405. The highest BCUT2D eigenvalue weighted by Gasteiger charge is 2.50. The van der Waals surface area contributed by atoms with Crippen molar-refractivity contribution in [1.82, 2.24) is 29.8 Å². The minimum Gasteiger partial charge on any atom is -0.508 e. The Bertz CT molecular complexity index is 1990. The first-order valence-corrected chi connectivity index (χ1v) is 20.2. The summed E-state index contributed by atoms with van der Waals surface area (Å²) in [7, 11) is -3.76. The molecule has 13 nitrogen and oxygen atoms in total. The topological polar surface area (TPSA) is 142 Å². The van der Waals surface area contributed by atoms with Crippen molar-refractivity contribution in [2.24, 2.45) is 0 Å². The van der Waals surface area contributed by atoms with Gasteiger partial charge in [-0.2, -0.15) is 23.1 Å². The van der Waals surface area contributed by atoms with E-state index < -0.39 is 65.1 Å². The van der Waals surface area contributed by atoms with E-state index in [-0.39, 0.29) is 86.6 Å². The number of alkyl halides is 4. The third-order valence-electron chi connectivity index (χ3n) is 10.8. The van der Waals surface area contributed by atoms with Gasteiger partial charge in [0, 0.05) is 49.9 Å². The summed E-state index contributed by atoms with van der Waals surface area (Å²) in [5.74, 6) is -1.98. The fraction of sp³-hybridized carbons (Fsp3) is 0.600. The summed E-state index contributed by atoms with van der Waals surface area (Å²) in [5.41, 5.74) is -3.92. The predicted octanol–water partition coefficient (Wildman–Crippen LogP) is 6.50. The molecule has 5 atom stereocenters. The molecule has 20 heteroatoms. The number of carbonyl (C=O) groups excluding carboxylic acids is 1. The number of benzene rings is 1. The van der Waals surface area contributed by atoms with Gasteiger partial charge in [0.25, 0.3) is 0 Å². The molecule has 4 fully saturated rings. The van der Waals surface area contributed by atoms with Crippen molar-refractivity contribution >= 4 is 42.0 Å². The van der Waals surface area contributed by atoms with E-state index >= 15 is 4.39 Å². The van der Waals surface area contributed by atoms with Gasteiger partial charge in [0.15, 0.2) is 5.82 Å². The number of phenols is 1. The second-order valence-corrected chi connectivity index (χ2v) is 16.6. The summed E-state index contributed by atoms with van der Waals surface area (Å²) in [5, 5.41) is 12.1. The maximum Gasteiger partial charge on any atom is 0.418 e. The number of halogens is 6. The van der Waals surface area contributed by atoms with Gasteiger partial charge < -0.3 is 19.6 Å². The van der Waals surface area contributed by atoms with Gasteiger partial charge in [0.2, 0.25) is 5.91 Å². The first-order valence-electron chi connectivity index (χ1n) is 18.3. The highest BCUT2D eigenvalue weighted by Crippen LogP contribution is 2.47. The van der Waals surface area contributed by atoms with Gasteiger partial charge in [-0.1, -0.05) is 11.6 Å². The number of piperazine rings is 1. The number of amides is 1. The van der Waals surface area contributed by atoms with Crippen LogP contribution in [0.2, 0.25) is 5.02 Å². The predicted molar refractivity (Wildman–Crippen MR) is 192 cm³/mol. The molecule has 2 bridgehead atoms. The molecule has 2 unspecified atom stereocenters. The van der Waals surface area contributed by atoms with E-state index in [9.17, 15) is 32.0 Å². The summed E-state index contributed by atoms with van der Waals surface area (Å²) in [6.07, 6.45) is -1.90. The molecule has 4 aliphatic rings. The van der Waals surface area contributed by atoms with Crippen LogP contribution in [0.3, 0.4) is 0 Å². The van der Waals surface area contributed by atoms with Gasteiger partial charge in [-0.05, 0) is 65.1 Å². The van der Waals surface area contributed by atoms with Gasteiger partial charge in [0.05, 0.1) is 40.8 Å². The second-order valence-electron chi connectivity index (χ2n) is 14.4. The van der Waals surface area contributed by atoms with Crippen LogP contribution in [0.5, 0.6) is 11.8 Å². The average Bonchev–Trinajstić information content (AvgIpc) is 3.72. The van der Waals surface area contributed by atoms with Crippen LogP contribution in [0.4, 0.5) is 27.8 Å². The van der Waals surface area contributed by atoms with E-state index in [1.54, 1.807) is 25.7 Å². The van der Waals surface area contributed by atoms with E-state index in [2.05, 4.69) is 20.0 Å². The average molecular weight is 818 g/mol. The largest absolute Gasteiger partial charge is 0.508 e. The molecule has 0 spiro atoms. The van der Waals surface area contributed by atoms with Crippen LogP contribution >= 0.6 is 19.3 Å². The molecule has 3 aromatic rings. The van der Waals surface area contributed by atoms with Crippen LogP contribution < -0.4 is 14.7 Å². The second kappa shape index (κ2) is 15.2. The number of ether oxygens (including phenoxy) is 1. The van der Waals surface area contributed by atoms with Gasteiger partial charge >= 0.3 is 19.9 Å². The molecule has 2 aromatic heterocycles. The zero-order valence-corrected chi connectivity index (χ0v) is 32.1. The van der Waals surface area contributed by atoms with Gasteiger partial charge in [-0.25, -0.2) is 18.4 Å². The third-order valence-corrected chi connectivity index (χ3v) is 13.0. The zero-order valence-electron chi connectivity index (χ0n) is 30.4. The van der Waals surface area contributed by atoms with Crippen LogP contribution in [0.1, 0.15) is 58.4 Å². The molecule has 55 heavy (non-hydrogen) atoms. The molecule has 0 saturated carbocycles. The standard InChI is InChI=1S/C35H42ClF5N7O6P/c1-4-53-55(51,54-5-2)45-19(3)32(50)48-21-7-8-22(48)17-46(16-21)31-25-14-42-29(24-11-23(49)12-26(36)27(24)35(39,40)41)28(38)30(25)43-33(44-31)52-18-34-9-6-10-47(34)15-20(37)13-34/h11-12,14,19-22,49H,4-10,13,15-18H2,1-3H3,(H,45,51)/t19-,20+,21?,22?,34-/m0/s1. The van der Waals surface area contributed by atoms with Gasteiger partial charge in [-0.15, -0.1) is 0 Å². The van der Waals surface area contributed by atoms with Crippen molar-refractivity contribution in [2.75, 3.05) is 50.9 Å². The molecule has 4 aliphatic heterocycles. The van der Waals surface area contributed by atoms with Crippen LogP contribution in [-0.4, -0.2) is 112 Å². The van der Waals surface area contributed by atoms with Crippen molar-refractivity contribution in [3.63, 3.8) is 0 Å². The number of anilines is 1. The lowest BCUT2D eigenvalue weighted by molar-refractivity contribution is -0.137. The van der Waals surface area contributed by atoms with Crippen molar-refractivity contribution in [3.8, 4) is 23.0 Å². The third kappa shape index (κ3) is 7.57. The summed E-state index contributed by atoms with van der Waals surface area (Å²) in [4.78, 5) is 32.5. The van der Waals surface area contributed by atoms with Crippen LogP contribution in [-0.2, 0) is 24.6 Å². The maximum atomic E-state index is 16.7. The molecule has 300 valence electrons. The number of carbonyl (C=O) groups is 1. The number of nitrogens with one attached hydrogen (secondary N) is 1. The normalized spacial score (nSPS) is 24.9.